The van der Waals surface area contributed by atoms with Crippen LogP contribution in [0.15, 0.2) is 0 Å². The first-order valence-electron chi connectivity index (χ1n) is 6.87. The molecule has 0 aromatic rings. The summed E-state index contributed by atoms with van der Waals surface area (Å²) in [5.74, 6) is 0.146. The van der Waals surface area contributed by atoms with E-state index in [4.69, 9.17) is 5.73 Å². The van der Waals surface area contributed by atoms with Crippen LogP contribution in [0.3, 0.4) is 0 Å². The SMILES string of the molecule is CN(C)CCCN(C)C(CN)CC(=O)NC1CC1. The molecule has 18 heavy (non-hydrogen) atoms. The molecule has 1 aliphatic rings. The summed E-state index contributed by atoms with van der Waals surface area (Å²) < 4.78 is 0. The van der Waals surface area contributed by atoms with E-state index in [-0.39, 0.29) is 11.9 Å². The van der Waals surface area contributed by atoms with Crippen LogP contribution >= 0.6 is 0 Å². The van der Waals surface area contributed by atoms with Crippen molar-refractivity contribution in [2.45, 2.75) is 37.8 Å². The Morgan fingerprint density at radius 3 is 2.50 bits per heavy atom. The van der Waals surface area contributed by atoms with Crippen molar-refractivity contribution in [2.24, 2.45) is 5.73 Å². The standard InChI is InChI=1S/C13H28N4O/c1-16(2)7-4-8-17(3)12(10-14)9-13(18)15-11-5-6-11/h11-12H,4-10,14H2,1-3H3,(H,15,18). The topological polar surface area (TPSA) is 61.6 Å². The van der Waals surface area contributed by atoms with E-state index < -0.39 is 0 Å². The van der Waals surface area contributed by atoms with Crippen LogP contribution < -0.4 is 11.1 Å². The maximum Gasteiger partial charge on any atom is 0.221 e. The zero-order chi connectivity index (χ0) is 13.5. The van der Waals surface area contributed by atoms with Crippen molar-refractivity contribution in [2.75, 3.05) is 40.8 Å². The number of carbonyl (C=O) groups excluding carboxylic acids is 1. The van der Waals surface area contributed by atoms with Gasteiger partial charge in [-0.2, -0.15) is 0 Å². The summed E-state index contributed by atoms with van der Waals surface area (Å²) in [4.78, 5) is 16.1. The van der Waals surface area contributed by atoms with E-state index in [1.165, 1.54) is 0 Å². The highest BCUT2D eigenvalue weighted by Gasteiger charge is 2.25. The Balaban J connectivity index is 2.22. The Labute approximate surface area is 111 Å². The van der Waals surface area contributed by atoms with Crippen LogP contribution in [0.4, 0.5) is 0 Å². The summed E-state index contributed by atoms with van der Waals surface area (Å²) >= 11 is 0. The number of hydrogen-bond donors (Lipinski definition) is 2. The number of hydrogen-bond acceptors (Lipinski definition) is 4. The lowest BCUT2D eigenvalue weighted by atomic mass is 10.1. The Morgan fingerprint density at radius 2 is 2.00 bits per heavy atom. The van der Waals surface area contributed by atoms with E-state index >= 15 is 0 Å². The van der Waals surface area contributed by atoms with Gasteiger partial charge in [0.25, 0.3) is 0 Å². The van der Waals surface area contributed by atoms with Crippen molar-refractivity contribution in [3.63, 3.8) is 0 Å². The Hall–Kier alpha value is -0.650. The minimum Gasteiger partial charge on any atom is -0.353 e. The number of carbonyl (C=O) groups is 1. The third-order valence-electron chi connectivity index (χ3n) is 3.38. The molecule has 106 valence electrons. The predicted molar refractivity (Wildman–Crippen MR) is 74.4 cm³/mol. The van der Waals surface area contributed by atoms with Crippen LogP contribution in [-0.2, 0) is 4.79 Å². The van der Waals surface area contributed by atoms with Gasteiger partial charge < -0.3 is 20.9 Å². The minimum absolute atomic E-state index is 0.146. The molecule has 1 rings (SSSR count). The van der Waals surface area contributed by atoms with E-state index in [0.29, 0.717) is 19.0 Å². The van der Waals surface area contributed by atoms with E-state index in [0.717, 1.165) is 32.4 Å². The van der Waals surface area contributed by atoms with Crippen molar-refractivity contribution >= 4 is 5.91 Å². The normalized spacial score (nSPS) is 17.2. The second-order valence-electron chi connectivity index (χ2n) is 5.57. The highest BCUT2D eigenvalue weighted by Crippen LogP contribution is 2.18. The quantitative estimate of drug-likeness (QED) is 0.603. The van der Waals surface area contributed by atoms with Crippen molar-refractivity contribution in [3.05, 3.63) is 0 Å². The minimum atomic E-state index is 0.146. The molecule has 1 saturated carbocycles. The molecule has 0 aromatic carbocycles. The number of nitrogens with one attached hydrogen (secondary N) is 1. The molecular formula is C13H28N4O. The van der Waals surface area contributed by atoms with Crippen molar-refractivity contribution in [1.29, 1.82) is 0 Å². The molecule has 1 aliphatic carbocycles. The molecule has 0 heterocycles. The molecule has 1 atom stereocenters. The second-order valence-corrected chi connectivity index (χ2v) is 5.57. The smallest absolute Gasteiger partial charge is 0.221 e. The fourth-order valence-electron chi connectivity index (χ4n) is 1.97. The lowest BCUT2D eigenvalue weighted by molar-refractivity contribution is -0.122. The van der Waals surface area contributed by atoms with Crippen LogP contribution in [0.2, 0.25) is 0 Å². The zero-order valence-electron chi connectivity index (χ0n) is 12.0. The highest BCUT2D eigenvalue weighted by molar-refractivity contribution is 5.77. The number of amides is 1. The number of nitrogens with two attached hydrogens (primary N) is 1. The van der Waals surface area contributed by atoms with Gasteiger partial charge in [-0.3, -0.25) is 4.79 Å². The molecule has 0 spiro atoms. The molecule has 1 amide bonds. The fourth-order valence-corrected chi connectivity index (χ4v) is 1.97. The molecule has 0 bridgehead atoms. The van der Waals surface area contributed by atoms with Crippen LogP contribution in [0, 0.1) is 0 Å². The monoisotopic (exact) mass is 256 g/mol. The molecule has 5 heteroatoms. The summed E-state index contributed by atoms with van der Waals surface area (Å²) in [5, 5.41) is 3.02. The number of likely N-dealkylation sites (N-methyl/N-ethyl adjacent to an activating group) is 1. The van der Waals surface area contributed by atoms with Gasteiger partial charge in [0, 0.05) is 25.0 Å². The summed E-state index contributed by atoms with van der Waals surface area (Å²) in [6, 6.07) is 0.598. The third-order valence-corrected chi connectivity index (χ3v) is 3.38. The van der Waals surface area contributed by atoms with Crippen LogP contribution in [-0.4, -0.2) is 68.6 Å². The molecule has 1 unspecified atom stereocenters. The first kappa shape index (κ1) is 15.4. The first-order valence-corrected chi connectivity index (χ1v) is 6.87. The lowest BCUT2D eigenvalue weighted by Gasteiger charge is -2.27. The van der Waals surface area contributed by atoms with E-state index in [1.54, 1.807) is 0 Å². The average Bonchev–Trinajstić information content (AvgIpc) is 3.09. The lowest BCUT2D eigenvalue weighted by Crippen LogP contribution is -2.43. The van der Waals surface area contributed by atoms with E-state index in [2.05, 4.69) is 36.3 Å². The average molecular weight is 256 g/mol. The molecule has 1 fully saturated rings. The van der Waals surface area contributed by atoms with Crippen LogP contribution in [0.1, 0.15) is 25.7 Å². The van der Waals surface area contributed by atoms with Crippen LogP contribution in [0.5, 0.6) is 0 Å². The Bertz CT molecular complexity index is 253. The van der Waals surface area contributed by atoms with Gasteiger partial charge in [-0.25, -0.2) is 0 Å². The van der Waals surface area contributed by atoms with Crippen molar-refractivity contribution in [1.82, 2.24) is 15.1 Å². The Morgan fingerprint density at radius 1 is 1.33 bits per heavy atom. The second kappa shape index (κ2) is 7.71. The van der Waals surface area contributed by atoms with Gasteiger partial charge in [0.15, 0.2) is 0 Å². The molecule has 0 radical (unpaired) electrons. The Kier molecular flexibility index (Phi) is 6.60. The number of rotatable bonds is 9. The van der Waals surface area contributed by atoms with Crippen LogP contribution in [0.25, 0.3) is 0 Å². The van der Waals surface area contributed by atoms with Crippen molar-refractivity contribution < 1.29 is 4.79 Å². The van der Waals surface area contributed by atoms with Gasteiger partial charge in [-0.1, -0.05) is 0 Å². The van der Waals surface area contributed by atoms with Gasteiger partial charge in [0.05, 0.1) is 0 Å². The molecule has 5 nitrogen and oxygen atoms in total. The number of nitrogens with zero attached hydrogens (tertiary/aromatic N) is 2. The first-order chi connectivity index (χ1) is 8.52. The highest BCUT2D eigenvalue weighted by atomic mass is 16.1. The summed E-state index contributed by atoms with van der Waals surface area (Å²) in [6.45, 7) is 2.59. The van der Waals surface area contributed by atoms with Gasteiger partial charge in [0.2, 0.25) is 5.91 Å². The summed E-state index contributed by atoms with van der Waals surface area (Å²) in [7, 11) is 6.20. The van der Waals surface area contributed by atoms with E-state index in [1.807, 2.05) is 0 Å². The van der Waals surface area contributed by atoms with Gasteiger partial charge in [-0.05, 0) is 53.5 Å². The summed E-state index contributed by atoms with van der Waals surface area (Å²) in [5.41, 5.74) is 5.77. The maximum absolute atomic E-state index is 11.7. The third kappa shape index (κ3) is 6.33. The molecule has 3 N–H and O–H groups in total. The molecule has 0 aliphatic heterocycles. The zero-order valence-corrected chi connectivity index (χ0v) is 12.0. The van der Waals surface area contributed by atoms with Gasteiger partial charge >= 0.3 is 0 Å². The molecule has 0 aromatic heterocycles. The van der Waals surface area contributed by atoms with Crippen molar-refractivity contribution in [3.8, 4) is 0 Å². The van der Waals surface area contributed by atoms with Gasteiger partial charge in [0.1, 0.15) is 0 Å². The fraction of sp³-hybridized carbons (Fsp3) is 0.923. The summed E-state index contributed by atoms with van der Waals surface area (Å²) in [6.07, 6.45) is 3.89. The largest absolute Gasteiger partial charge is 0.353 e. The van der Waals surface area contributed by atoms with Gasteiger partial charge in [-0.15, -0.1) is 0 Å². The van der Waals surface area contributed by atoms with E-state index in [9.17, 15) is 4.79 Å². The maximum atomic E-state index is 11.7. The molecular weight excluding hydrogens is 228 g/mol. The molecule has 0 saturated heterocycles. The predicted octanol–water partition coefficient (Wildman–Crippen LogP) is -0.134.